The number of hydrogen-bond acceptors (Lipinski definition) is 3. The molecule has 0 bridgehead atoms. The average Bonchev–Trinajstić information content (AvgIpc) is 2.33. The number of halogens is 1. The van der Waals surface area contributed by atoms with Crippen molar-refractivity contribution in [3.8, 4) is 0 Å². The van der Waals surface area contributed by atoms with Crippen LogP contribution in [-0.4, -0.2) is 14.9 Å². The monoisotopic (exact) mass is 205 g/mol. The van der Waals surface area contributed by atoms with Crippen LogP contribution >= 0.6 is 15.9 Å². The number of alkyl halides is 1. The van der Waals surface area contributed by atoms with Crippen molar-refractivity contribution in [2.45, 2.75) is 5.33 Å². The van der Waals surface area contributed by atoms with Gasteiger partial charge in [-0.3, -0.25) is 0 Å². The summed E-state index contributed by atoms with van der Waals surface area (Å²) >= 11 is 3.09. The average molecular weight is 206 g/mol. The third-order valence-electron chi connectivity index (χ3n) is 0.991. The summed E-state index contributed by atoms with van der Waals surface area (Å²) in [5.41, 5.74) is 0.532. The molecule has 0 amide bonds. The van der Waals surface area contributed by atoms with E-state index in [1.54, 1.807) is 6.07 Å². The highest BCUT2D eigenvalue weighted by Gasteiger charge is 2.08. The molecular formula is C4H4BrN3O2. The van der Waals surface area contributed by atoms with Gasteiger partial charge in [0.15, 0.2) is 6.20 Å². The number of rotatable bonds is 2. The van der Waals surface area contributed by atoms with Crippen LogP contribution in [0, 0.1) is 10.1 Å². The maximum atomic E-state index is 10.1. The second-order valence-electron chi connectivity index (χ2n) is 1.58. The van der Waals surface area contributed by atoms with Crippen molar-refractivity contribution in [1.82, 2.24) is 9.89 Å². The summed E-state index contributed by atoms with van der Waals surface area (Å²) < 4.78 is 0. The zero-order valence-electron chi connectivity index (χ0n) is 4.90. The first-order valence-corrected chi connectivity index (χ1v) is 3.61. The van der Waals surface area contributed by atoms with Crippen molar-refractivity contribution in [3.05, 3.63) is 28.1 Å². The van der Waals surface area contributed by atoms with E-state index in [0.29, 0.717) is 11.0 Å². The summed E-state index contributed by atoms with van der Waals surface area (Å²) in [7, 11) is 0. The van der Waals surface area contributed by atoms with Gasteiger partial charge in [-0.05, 0) is 0 Å². The summed E-state index contributed by atoms with van der Waals surface area (Å²) in [5.74, 6) is 0. The number of hydrogen-bond donors (Lipinski definition) is 0. The molecule has 0 aliphatic carbocycles. The molecule has 6 heteroatoms. The molecule has 0 radical (unpaired) electrons. The van der Waals surface area contributed by atoms with E-state index in [9.17, 15) is 10.1 Å². The molecule has 1 aromatic rings. The van der Waals surface area contributed by atoms with Gasteiger partial charge in [0.2, 0.25) is 0 Å². The van der Waals surface area contributed by atoms with Crippen molar-refractivity contribution in [3.63, 3.8) is 0 Å². The van der Waals surface area contributed by atoms with Gasteiger partial charge in [-0.2, -0.15) is 0 Å². The molecule has 0 N–H and O–H groups in total. The predicted molar refractivity (Wildman–Crippen MR) is 37.3 cm³/mol. The van der Waals surface area contributed by atoms with Crippen LogP contribution in [0.2, 0.25) is 0 Å². The molecule has 5 nitrogen and oxygen atoms in total. The smallest absolute Gasteiger partial charge is 0.168 e. The van der Waals surface area contributed by atoms with E-state index < -0.39 is 5.03 Å². The molecule has 1 aromatic heterocycles. The minimum absolute atomic E-state index is 0.438. The van der Waals surface area contributed by atoms with Crippen molar-refractivity contribution in [2.24, 2.45) is 0 Å². The Morgan fingerprint density at radius 2 is 2.60 bits per heavy atom. The minimum Gasteiger partial charge on any atom is -0.339 e. The lowest BCUT2D eigenvalue weighted by atomic mass is 10.5. The number of nitro groups is 1. The van der Waals surface area contributed by atoms with E-state index in [1.165, 1.54) is 6.20 Å². The molecule has 0 saturated carbocycles. The molecule has 0 atom stereocenters. The van der Waals surface area contributed by atoms with E-state index in [0.717, 1.165) is 4.79 Å². The summed E-state index contributed by atoms with van der Waals surface area (Å²) in [4.78, 5) is 10.9. The Kier molecular flexibility index (Phi) is 2.00. The maximum absolute atomic E-state index is 10.1. The molecular weight excluding hydrogens is 202 g/mol. The van der Waals surface area contributed by atoms with E-state index >= 15 is 0 Å². The Labute approximate surface area is 64.9 Å². The molecule has 54 valence electrons. The van der Waals surface area contributed by atoms with Gasteiger partial charge in [-0.25, -0.2) is 0 Å². The normalized spacial score (nSPS) is 9.70. The molecule has 0 unspecified atom stereocenters. The van der Waals surface area contributed by atoms with Crippen LogP contribution < -0.4 is 0 Å². The van der Waals surface area contributed by atoms with Crippen molar-refractivity contribution in [2.75, 3.05) is 0 Å². The summed E-state index contributed by atoms with van der Waals surface area (Å²) in [6.07, 6.45) is 1.39. The van der Waals surface area contributed by atoms with Gasteiger partial charge < -0.3 is 10.1 Å². The lowest BCUT2D eigenvalue weighted by Crippen LogP contribution is -2.12. The van der Waals surface area contributed by atoms with Crippen LogP contribution in [0.15, 0.2) is 12.3 Å². The third kappa shape index (κ3) is 1.15. The lowest BCUT2D eigenvalue weighted by molar-refractivity contribution is -0.554. The molecule has 1 heterocycles. The molecule has 1 rings (SSSR count). The zero-order valence-corrected chi connectivity index (χ0v) is 6.48. The van der Waals surface area contributed by atoms with E-state index in [1.807, 2.05) is 0 Å². The van der Waals surface area contributed by atoms with Gasteiger partial charge >= 0.3 is 0 Å². The van der Waals surface area contributed by atoms with Crippen molar-refractivity contribution < 1.29 is 5.03 Å². The molecule has 0 aliphatic rings. The standard InChI is InChI=1S/C4H4BrN3O2/c5-3-4-1-2-6-7(4)8(9)10/h1-2H,3H2. The molecule has 0 fully saturated rings. The van der Waals surface area contributed by atoms with Gasteiger partial charge in [0.1, 0.15) is 5.69 Å². The number of nitrogens with zero attached hydrogens (tertiary/aromatic N) is 3. The van der Waals surface area contributed by atoms with E-state index in [2.05, 4.69) is 21.0 Å². The SMILES string of the molecule is O=[N+]([O-])n1nccc1CBr. The second kappa shape index (κ2) is 2.78. The first kappa shape index (κ1) is 7.20. The van der Waals surface area contributed by atoms with E-state index in [4.69, 9.17) is 0 Å². The van der Waals surface area contributed by atoms with Gasteiger partial charge in [0.05, 0.1) is 10.4 Å². The van der Waals surface area contributed by atoms with Gasteiger partial charge in [0, 0.05) is 16.0 Å². The van der Waals surface area contributed by atoms with Crippen LogP contribution in [0.1, 0.15) is 5.69 Å². The highest BCUT2D eigenvalue weighted by Crippen LogP contribution is 2.02. The summed E-state index contributed by atoms with van der Waals surface area (Å²) in [6.45, 7) is 0. The van der Waals surface area contributed by atoms with Crippen molar-refractivity contribution >= 4 is 15.9 Å². The molecule has 0 aliphatic heterocycles. The van der Waals surface area contributed by atoms with Crippen LogP contribution in [0.4, 0.5) is 0 Å². The first-order valence-electron chi connectivity index (χ1n) is 2.49. The third-order valence-corrected chi connectivity index (χ3v) is 1.57. The van der Waals surface area contributed by atoms with Crippen molar-refractivity contribution in [1.29, 1.82) is 0 Å². The fourth-order valence-corrected chi connectivity index (χ4v) is 0.980. The summed E-state index contributed by atoms with van der Waals surface area (Å²) in [5, 5.41) is 13.5. The Morgan fingerprint density at radius 3 is 3.00 bits per heavy atom. The molecule has 10 heavy (non-hydrogen) atoms. The Balaban J connectivity index is 3.01. The fourth-order valence-electron chi connectivity index (χ4n) is 0.568. The second-order valence-corrected chi connectivity index (χ2v) is 2.14. The topological polar surface area (TPSA) is 61.0 Å². The lowest BCUT2D eigenvalue weighted by Gasteiger charge is -1.93. The molecule has 0 aromatic carbocycles. The highest BCUT2D eigenvalue weighted by atomic mass is 79.9. The predicted octanol–water partition coefficient (Wildman–Crippen LogP) is 0.818. The fraction of sp³-hybridized carbons (Fsp3) is 0.250. The molecule has 0 saturated heterocycles. The minimum atomic E-state index is -0.573. The highest BCUT2D eigenvalue weighted by molar-refractivity contribution is 9.08. The van der Waals surface area contributed by atoms with Gasteiger partial charge in [-0.1, -0.05) is 15.9 Å². The van der Waals surface area contributed by atoms with Crippen LogP contribution in [0.3, 0.4) is 0 Å². The molecule has 0 spiro atoms. The zero-order chi connectivity index (χ0) is 7.56. The Bertz CT molecular complexity index is 246. The van der Waals surface area contributed by atoms with Gasteiger partial charge in [0.25, 0.3) is 0 Å². The van der Waals surface area contributed by atoms with Crippen LogP contribution in [0.25, 0.3) is 0 Å². The van der Waals surface area contributed by atoms with Gasteiger partial charge in [-0.15, -0.1) is 0 Å². The van der Waals surface area contributed by atoms with Crippen LogP contribution in [0.5, 0.6) is 0 Å². The Morgan fingerprint density at radius 1 is 1.90 bits per heavy atom. The first-order chi connectivity index (χ1) is 4.75. The van der Waals surface area contributed by atoms with Crippen LogP contribution in [-0.2, 0) is 5.33 Å². The van der Waals surface area contributed by atoms with E-state index in [-0.39, 0.29) is 0 Å². The largest absolute Gasteiger partial charge is 0.339 e. The Hall–Kier alpha value is -0.910. The number of aromatic nitrogens is 2. The maximum Gasteiger partial charge on any atom is 0.168 e. The summed E-state index contributed by atoms with van der Waals surface area (Å²) in [6, 6.07) is 1.58. The quantitative estimate of drug-likeness (QED) is 0.408.